The van der Waals surface area contributed by atoms with E-state index in [0.29, 0.717) is 6.42 Å². The topological polar surface area (TPSA) is 63.6 Å². The summed E-state index contributed by atoms with van der Waals surface area (Å²) >= 11 is 0. The maximum absolute atomic E-state index is 11.3. The zero-order valence-electron chi connectivity index (χ0n) is 8.95. The molecule has 0 spiro atoms. The van der Waals surface area contributed by atoms with Gasteiger partial charge in [0.05, 0.1) is 6.10 Å². The van der Waals surface area contributed by atoms with E-state index in [1.54, 1.807) is 13.8 Å². The van der Waals surface area contributed by atoms with Gasteiger partial charge >= 0.3 is 5.97 Å². The number of carbonyl (C=O) groups excluding carboxylic acids is 2. The van der Waals surface area contributed by atoms with Gasteiger partial charge in [-0.3, -0.25) is 9.59 Å². The Labute approximate surface area is 84.3 Å². The first kappa shape index (κ1) is 13.1. The summed E-state index contributed by atoms with van der Waals surface area (Å²) in [5.41, 5.74) is 0. The van der Waals surface area contributed by atoms with Crippen LogP contribution in [0, 0.1) is 5.92 Å². The third-order valence-electron chi connectivity index (χ3n) is 1.77. The Hall–Kier alpha value is -0.900. The van der Waals surface area contributed by atoms with Crippen LogP contribution in [0.15, 0.2) is 0 Å². The van der Waals surface area contributed by atoms with E-state index >= 15 is 0 Å². The van der Waals surface area contributed by atoms with E-state index < -0.39 is 11.9 Å². The van der Waals surface area contributed by atoms with Crippen LogP contribution in [-0.4, -0.2) is 29.6 Å². The van der Waals surface area contributed by atoms with Gasteiger partial charge in [0.1, 0.15) is 11.7 Å². The van der Waals surface area contributed by atoms with E-state index in [2.05, 4.69) is 0 Å². The second-order valence-corrected chi connectivity index (χ2v) is 3.50. The first-order valence-electron chi connectivity index (χ1n) is 4.83. The van der Waals surface area contributed by atoms with Gasteiger partial charge in [0.15, 0.2) is 0 Å². The zero-order valence-corrected chi connectivity index (χ0v) is 8.95. The maximum atomic E-state index is 11.3. The molecule has 0 aromatic rings. The molecule has 14 heavy (non-hydrogen) atoms. The molecule has 0 amide bonds. The lowest BCUT2D eigenvalue weighted by atomic mass is 10.0. The predicted molar refractivity (Wildman–Crippen MR) is 51.7 cm³/mol. The quantitative estimate of drug-likeness (QED) is 0.513. The Morgan fingerprint density at radius 1 is 1.29 bits per heavy atom. The molecule has 0 saturated heterocycles. The molecule has 0 aliphatic carbocycles. The number of Topliss-reactive ketones (excluding diaryl/α,β-unsaturated/α-hetero) is 1. The molecule has 1 N–H and O–H groups in total. The zero-order chi connectivity index (χ0) is 11.1. The van der Waals surface area contributed by atoms with Gasteiger partial charge in [0.25, 0.3) is 0 Å². The average Bonchev–Trinajstić information content (AvgIpc) is 2.11. The lowest BCUT2D eigenvalue weighted by Crippen LogP contribution is -2.25. The Bertz CT molecular complexity index is 198. The minimum atomic E-state index is -0.719. The van der Waals surface area contributed by atoms with Crippen molar-refractivity contribution in [3.05, 3.63) is 0 Å². The molecule has 1 atom stereocenters. The van der Waals surface area contributed by atoms with Gasteiger partial charge in [-0.15, -0.1) is 0 Å². The number of hydrogen-bond donors (Lipinski definition) is 1. The lowest BCUT2D eigenvalue weighted by Gasteiger charge is -2.12. The average molecular weight is 202 g/mol. The van der Waals surface area contributed by atoms with Crippen LogP contribution in [-0.2, 0) is 14.3 Å². The highest BCUT2D eigenvalue weighted by Gasteiger charge is 2.22. The standard InChI is InChI=1S/C10H18O4/c1-7(2)14-10(13)8(3)9(12)5-4-6-11/h7-8,11H,4-6H2,1-3H3. The summed E-state index contributed by atoms with van der Waals surface area (Å²) in [6.45, 7) is 4.98. The number of esters is 1. The number of aliphatic hydroxyl groups excluding tert-OH is 1. The molecule has 0 aliphatic heterocycles. The predicted octanol–water partition coefficient (Wildman–Crippen LogP) is 0.916. The summed E-state index contributed by atoms with van der Waals surface area (Å²) in [5, 5.41) is 8.51. The highest BCUT2D eigenvalue weighted by Crippen LogP contribution is 2.07. The summed E-state index contributed by atoms with van der Waals surface area (Å²) in [6, 6.07) is 0. The van der Waals surface area contributed by atoms with Crippen molar-refractivity contribution in [3.63, 3.8) is 0 Å². The van der Waals surface area contributed by atoms with Crippen molar-refractivity contribution in [1.82, 2.24) is 0 Å². The van der Waals surface area contributed by atoms with Crippen molar-refractivity contribution in [1.29, 1.82) is 0 Å². The number of rotatable bonds is 6. The minimum absolute atomic E-state index is 0.0301. The molecule has 1 unspecified atom stereocenters. The fourth-order valence-electron chi connectivity index (χ4n) is 0.936. The summed E-state index contributed by atoms with van der Waals surface area (Å²) in [5.74, 6) is -1.38. The highest BCUT2D eigenvalue weighted by molar-refractivity contribution is 5.98. The fraction of sp³-hybridized carbons (Fsp3) is 0.800. The number of aliphatic hydroxyl groups is 1. The van der Waals surface area contributed by atoms with Crippen molar-refractivity contribution in [2.45, 2.75) is 39.7 Å². The SMILES string of the molecule is CC(C)OC(=O)C(C)C(=O)CCCO. The van der Waals surface area contributed by atoms with Crippen molar-refractivity contribution < 1.29 is 19.4 Å². The molecular formula is C10H18O4. The van der Waals surface area contributed by atoms with E-state index in [9.17, 15) is 9.59 Å². The van der Waals surface area contributed by atoms with E-state index in [1.165, 1.54) is 6.92 Å². The number of carbonyl (C=O) groups is 2. The Morgan fingerprint density at radius 2 is 1.86 bits per heavy atom. The highest BCUT2D eigenvalue weighted by atomic mass is 16.5. The van der Waals surface area contributed by atoms with Gasteiger partial charge in [-0.25, -0.2) is 0 Å². The van der Waals surface area contributed by atoms with Crippen molar-refractivity contribution in [2.24, 2.45) is 5.92 Å². The molecular weight excluding hydrogens is 184 g/mol. The second kappa shape index (κ2) is 6.54. The summed E-state index contributed by atoms with van der Waals surface area (Å²) in [6.07, 6.45) is 0.429. The number of ketones is 1. The van der Waals surface area contributed by atoms with Crippen LogP contribution in [0.25, 0.3) is 0 Å². The molecule has 0 aliphatic rings. The third-order valence-corrected chi connectivity index (χ3v) is 1.77. The molecule has 0 rings (SSSR count). The lowest BCUT2D eigenvalue weighted by molar-refractivity contribution is -0.154. The maximum Gasteiger partial charge on any atom is 0.316 e. The molecule has 4 nitrogen and oxygen atoms in total. The Morgan fingerprint density at radius 3 is 2.29 bits per heavy atom. The van der Waals surface area contributed by atoms with Crippen molar-refractivity contribution in [3.8, 4) is 0 Å². The van der Waals surface area contributed by atoms with Crippen LogP contribution in [0.2, 0.25) is 0 Å². The van der Waals surface area contributed by atoms with Gasteiger partial charge in [0, 0.05) is 13.0 Å². The minimum Gasteiger partial charge on any atom is -0.462 e. The number of ether oxygens (including phenoxy) is 1. The first-order chi connectivity index (χ1) is 6.49. The van der Waals surface area contributed by atoms with Crippen LogP contribution in [0.3, 0.4) is 0 Å². The van der Waals surface area contributed by atoms with Gasteiger partial charge in [-0.1, -0.05) is 0 Å². The van der Waals surface area contributed by atoms with Gasteiger partial charge in [-0.2, -0.15) is 0 Å². The second-order valence-electron chi connectivity index (χ2n) is 3.50. The molecule has 0 bridgehead atoms. The Balaban J connectivity index is 3.97. The molecule has 0 aromatic heterocycles. The molecule has 0 aromatic carbocycles. The monoisotopic (exact) mass is 202 g/mol. The summed E-state index contributed by atoms with van der Waals surface area (Å²) < 4.78 is 4.89. The van der Waals surface area contributed by atoms with Crippen molar-refractivity contribution >= 4 is 11.8 Å². The van der Waals surface area contributed by atoms with E-state index in [1.807, 2.05) is 0 Å². The fourth-order valence-corrected chi connectivity index (χ4v) is 0.936. The van der Waals surface area contributed by atoms with E-state index in [4.69, 9.17) is 9.84 Å². The van der Waals surface area contributed by atoms with Crippen LogP contribution >= 0.6 is 0 Å². The smallest absolute Gasteiger partial charge is 0.316 e. The Kier molecular flexibility index (Phi) is 6.12. The molecule has 0 saturated carbocycles. The molecule has 0 heterocycles. The molecule has 0 fully saturated rings. The van der Waals surface area contributed by atoms with Crippen molar-refractivity contribution in [2.75, 3.05) is 6.61 Å². The first-order valence-corrected chi connectivity index (χ1v) is 4.83. The van der Waals surface area contributed by atoms with Gasteiger partial charge in [0.2, 0.25) is 0 Å². The molecule has 4 heteroatoms. The van der Waals surface area contributed by atoms with Crippen LogP contribution in [0.5, 0.6) is 0 Å². The van der Waals surface area contributed by atoms with E-state index in [-0.39, 0.29) is 24.9 Å². The molecule has 82 valence electrons. The number of hydrogen-bond acceptors (Lipinski definition) is 4. The normalized spacial score (nSPS) is 12.6. The van der Waals surface area contributed by atoms with Gasteiger partial charge in [-0.05, 0) is 27.2 Å². The summed E-state index contributed by atoms with van der Waals surface area (Å²) in [7, 11) is 0. The van der Waals surface area contributed by atoms with Crippen LogP contribution in [0.4, 0.5) is 0 Å². The van der Waals surface area contributed by atoms with Crippen LogP contribution in [0.1, 0.15) is 33.6 Å². The molecule has 0 radical (unpaired) electrons. The van der Waals surface area contributed by atoms with E-state index in [0.717, 1.165) is 0 Å². The summed E-state index contributed by atoms with van der Waals surface area (Å²) in [4.78, 5) is 22.6. The largest absolute Gasteiger partial charge is 0.462 e. The third kappa shape index (κ3) is 4.97. The van der Waals surface area contributed by atoms with Gasteiger partial charge < -0.3 is 9.84 Å². The van der Waals surface area contributed by atoms with Crippen LogP contribution < -0.4 is 0 Å².